The molecule has 1 fully saturated rings. The van der Waals surface area contributed by atoms with Crippen LogP contribution in [0.4, 0.5) is 4.39 Å². The van der Waals surface area contributed by atoms with Crippen LogP contribution in [0.15, 0.2) is 24.3 Å². The first-order valence-electron chi connectivity index (χ1n) is 9.69. The first-order valence-corrected chi connectivity index (χ1v) is 9.69. The highest BCUT2D eigenvalue weighted by Gasteiger charge is 2.33. The molecule has 0 bridgehead atoms. The number of ether oxygens (including phenoxy) is 2. The largest absolute Gasteiger partial charge is 0.461 e. The molecule has 2 N–H and O–H groups in total. The molecule has 4 atom stereocenters. The van der Waals surface area contributed by atoms with E-state index in [1.165, 1.54) is 12.1 Å². The van der Waals surface area contributed by atoms with E-state index in [1.807, 2.05) is 19.1 Å². The van der Waals surface area contributed by atoms with Crippen molar-refractivity contribution in [2.45, 2.75) is 71.1 Å². The molecule has 146 valence electrons. The average molecular weight is 365 g/mol. The number of esters is 1. The summed E-state index contributed by atoms with van der Waals surface area (Å²) in [5.41, 5.74) is 6.96. The highest BCUT2D eigenvalue weighted by Crippen LogP contribution is 2.28. The number of benzene rings is 1. The smallest absolute Gasteiger partial charge is 0.323 e. The number of carbonyl (C=O) groups is 1. The summed E-state index contributed by atoms with van der Waals surface area (Å²) in [5, 5.41) is 0. The summed E-state index contributed by atoms with van der Waals surface area (Å²) in [7, 11) is 0. The maximum absolute atomic E-state index is 13.1. The number of aryl methyl sites for hydroxylation is 1. The van der Waals surface area contributed by atoms with E-state index in [0.29, 0.717) is 18.9 Å². The highest BCUT2D eigenvalue weighted by molar-refractivity contribution is 5.75. The molecule has 2 rings (SSSR count). The van der Waals surface area contributed by atoms with Crippen LogP contribution < -0.4 is 5.73 Å². The van der Waals surface area contributed by atoms with Gasteiger partial charge in [-0.1, -0.05) is 32.4 Å². The van der Waals surface area contributed by atoms with E-state index in [-0.39, 0.29) is 29.9 Å². The molecule has 0 aromatic heterocycles. The van der Waals surface area contributed by atoms with Gasteiger partial charge in [-0.25, -0.2) is 4.39 Å². The number of hydrogen-bond acceptors (Lipinski definition) is 4. The minimum absolute atomic E-state index is 0.00750. The van der Waals surface area contributed by atoms with Gasteiger partial charge in [0.1, 0.15) is 18.0 Å². The van der Waals surface area contributed by atoms with Crippen LogP contribution >= 0.6 is 0 Å². The Balaban J connectivity index is 2.09. The van der Waals surface area contributed by atoms with Gasteiger partial charge in [-0.15, -0.1) is 0 Å². The lowest BCUT2D eigenvalue weighted by atomic mass is 9.86. The predicted molar refractivity (Wildman–Crippen MR) is 100 cm³/mol. The Morgan fingerprint density at radius 2 is 1.92 bits per heavy atom. The maximum Gasteiger partial charge on any atom is 0.323 e. The van der Waals surface area contributed by atoms with E-state index >= 15 is 0 Å². The Morgan fingerprint density at radius 3 is 2.58 bits per heavy atom. The molecular weight excluding hydrogens is 333 g/mol. The number of halogens is 1. The van der Waals surface area contributed by atoms with Gasteiger partial charge in [0.25, 0.3) is 0 Å². The third-order valence-electron chi connectivity index (χ3n) is 5.15. The van der Waals surface area contributed by atoms with Crippen molar-refractivity contribution >= 4 is 5.97 Å². The molecule has 0 aliphatic carbocycles. The number of carbonyl (C=O) groups excluding carboxylic acids is 1. The van der Waals surface area contributed by atoms with Crippen molar-refractivity contribution in [3.8, 4) is 0 Å². The number of cyclic esters (lactones) is 1. The molecule has 1 saturated heterocycles. The van der Waals surface area contributed by atoms with Gasteiger partial charge in [0, 0.05) is 12.5 Å². The van der Waals surface area contributed by atoms with Crippen LogP contribution in [0.3, 0.4) is 0 Å². The monoisotopic (exact) mass is 365 g/mol. The summed E-state index contributed by atoms with van der Waals surface area (Å²) in [6.45, 7) is 6.77. The Bertz CT molecular complexity index is 561. The summed E-state index contributed by atoms with van der Waals surface area (Å²) in [6, 6.07) is 5.97. The quantitative estimate of drug-likeness (QED) is 0.778. The second-order valence-electron chi connectivity index (χ2n) is 7.75. The van der Waals surface area contributed by atoms with Gasteiger partial charge in [-0.3, -0.25) is 4.79 Å². The molecule has 5 heteroatoms. The molecule has 1 aliphatic rings. The third-order valence-corrected chi connectivity index (χ3v) is 5.15. The van der Waals surface area contributed by atoms with Crippen molar-refractivity contribution in [1.29, 1.82) is 0 Å². The van der Waals surface area contributed by atoms with E-state index in [4.69, 9.17) is 15.2 Å². The maximum atomic E-state index is 13.1. The van der Waals surface area contributed by atoms with Gasteiger partial charge in [0.05, 0.1) is 6.10 Å². The van der Waals surface area contributed by atoms with E-state index in [2.05, 4.69) is 13.8 Å². The zero-order valence-electron chi connectivity index (χ0n) is 16.1. The topological polar surface area (TPSA) is 61.5 Å². The summed E-state index contributed by atoms with van der Waals surface area (Å²) in [6.07, 6.45) is 3.83. The van der Waals surface area contributed by atoms with Gasteiger partial charge in [-0.05, 0) is 56.2 Å². The number of hydrogen-bond donors (Lipinski definition) is 1. The summed E-state index contributed by atoms with van der Waals surface area (Å²) < 4.78 is 24.9. The van der Waals surface area contributed by atoms with Crippen molar-refractivity contribution in [2.24, 2.45) is 17.6 Å². The van der Waals surface area contributed by atoms with Crippen molar-refractivity contribution in [1.82, 2.24) is 0 Å². The number of rotatable bonds is 6. The minimum atomic E-state index is -0.626. The van der Waals surface area contributed by atoms with E-state index in [9.17, 15) is 9.18 Å². The second-order valence-corrected chi connectivity index (χ2v) is 7.75. The van der Waals surface area contributed by atoms with Crippen molar-refractivity contribution in [3.63, 3.8) is 0 Å². The fourth-order valence-electron chi connectivity index (χ4n) is 3.45. The van der Waals surface area contributed by atoms with Gasteiger partial charge >= 0.3 is 5.97 Å². The van der Waals surface area contributed by atoms with E-state index in [1.54, 1.807) is 0 Å². The van der Waals surface area contributed by atoms with Crippen LogP contribution in [-0.2, 0) is 20.7 Å². The molecule has 0 radical (unpaired) electrons. The SMILES string of the molecule is CC(C)CC[C@H]1[C@H](C)OC(=O)[C@@H](N)CCO[C@@H]1CCc1ccc(F)cc1. The van der Waals surface area contributed by atoms with Crippen molar-refractivity contribution < 1.29 is 18.7 Å². The molecule has 4 nitrogen and oxygen atoms in total. The molecule has 0 amide bonds. The van der Waals surface area contributed by atoms with Crippen LogP contribution in [0.1, 0.15) is 52.0 Å². The van der Waals surface area contributed by atoms with Gasteiger partial charge in [0.15, 0.2) is 0 Å². The molecule has 0 unspecified atom stereocenters. The molecule has 0 saturated carbocycles. The molecule has 1 aromatic rings. The predicted octanol–water partition coefficient (Wildman–Crippen LogP) is 3.86. The molecule has 1 aromatic carbocycles. The Morgan fingerprint density at radius 1 is 1.23 bits per heavy atom. The fourth-order valence-corrected chi connectivity index (χ4v) is 3.45. The molecule has 1 heterocycles. The lowest BCUT2D eigenvalue weighted by Crippen LogP contribution is -2.37. The van der Waals surface area contributed by atoms with Gasteiger partial charge in [-0.2, -0.15) is 0 Å². The van der Waals surface area contributed by atoms with E-state index < -0.39 is 6.04 Å². The summed E-state index contributed by atoms with van der Waals surface area (Å²) in [5.74, 6) is 0.143. The molecule has 26 heavy (non-hydrogen) atoms. The van der Waals surface area contributed by atoms with Crippen LogP contribution in [0, 0.1) is 17.7 Å². The van der Waals surface area contributed by atoms with Crippen LogP contribution in [0.2, 0.25) is 0 Å². The highest BCUT2D eigenvalue weighted by atomic mass is 19.1. The van der Waals surface area contributed by atoms with Crippen molar-refractivity contribution in [2.75, 3.05) is 6.61 Å². The molecule has 0 spiro atoms. The summed E-state index contributed by atoms with van der Waals surface area (Å²) >= 11 is 0. The van der Waals surface area contributed by atoms with Crippen LogP contribution in [0.25, 0.3) is 0 Å². The summed E-state index contributed by atoms with van der Waals surface area (Å²) in [4.78, 5) is 12.1. The van der Waals surface area contributed by atoms with Gasteiger partial charge < -0.3 is 15.2 Å². The first-order chi connectivity index (χ1) is 12.4. The van der Waals surface area contributed by atoms with Gasteiger partial charge in [0.2, 0.25) is 0 Å². The lowest BCUT2D eigenvalue weighted by molar-refractivity contribution is -0.153. The third kappa shape index (κ3) is 6.36. The van der Waals surface area contributed by atoms with Crippen LogP contribution in [-0.4, -0.2) is 30.8 Å². The van der Waals surface area contributed by atoms with E-state index in [0.717, 1.165) is 31.2 Å². The zero-order valence-corrected chi connectivity index (χ0v) is 16.1. The Hall–Kier alpha value is -1.46. The number of nitrogens with two attached hydrogens (primary N) is 1. The second kappa shape index (κ2) is 10.0. The molecular formula is C21H32FNO3. The fraction of sp³-hybridized carbons (Fsp3) is 0.667. The minimum Gasteiger partial charge on any atom is -0.461 e. The molecule has 1 aliphatic heterocycles. The first kappa shape index (κ1) is 20.8. The zero-order chi connectivity index (χ0) is 19.1. The van der Waals surface area contributed by atoms with Crippen molar-refractivity contribution in [3.05, 3.63) is 35.6 Å². The standard InChI is InChI=1S/C21H32FNO3/c1-14(2)4-10-18-15(3)26-21(24)19(23)12-13-25-20(18)11-7-16-5-8-17(22)9-6-16/h5-6,8-9,14-15,18-20H,4,7,10-13,23H2,1-3H3/t15-,18-,19-,20+/m0/s1. The van der Waals surface area contributed by atoms with Crippen LogP contribution in [0.5, 0.6) is 0 Å². The Labute approximate surface area is 156 Å². The normalized spacial score (nSPS) is 27.5. The average Bonchev–Trinajstić information content (AvgIpc) is 2.63. The lowest BCUT2D eigenvalue weighted by Gasteiger charge is -2.31. The Kier molecular flexibility index (Phi) is 8.04.